The van der Waals surface area contributed by atoms with Gasteiger partial charge in [-0.3, -0.25) is 19.3 Å². The summed E-state index contributed by atoms with van der Waals surface area (Å²) in [5.41, 5.74) is 3.80. The number of hydrogen-bond donors (Lipinski definition) is 2. The SMILES string of the molecule is CC(=O)Nc1ccc(C2=C(Nc3ccc(C(C)(C)C)cc3)C(=O)N(CC(C)C)C2=O)cc1. The van der Waals surface area contributed by atoms with E-state index in [0.29, 0.717) is 23.4 Å². The van der Waals surface area contributed by atoms with Crippen molar-refractivity contribution in [1.82, 2.24) is 4.90 Å². The fourth-order valence-electron chi connectivity index (χ4n) is 3.61. The van der Waals surface area contributed by atoms with Gasteiger partial charge in [0.15, 0.2) is 0 Å². The maximum Gasteiger partial charge on any atom is 0.278 e. The summed E-state index contributed by atoms with van der Waals surface area (Å²) < 4.78 is 0. The molecule has 0 aliphatic carbocycles. The van der Waals surface area contributed by atoms with Gasteiger partial charge in [0.2, 0.25) is 5.91 Å². The van der Waals surface area contributed by atoms with Gasteiger partial charge in [0, 0.05) is 24.8 Å². The Hall–Kier alpha value is -3.41. The molecular weight excluding hydrogens is 402 g/mol. The first-order chi connectivity index (χ1) is 15.0. The van der Waals surface area contributed by atoms with E-state index >= 15 is 0 Å². The Morgan fingerprint density at radius 2 is 1.47 bits per heavy atom. The third-order valence-electron chi connectivity index (χ3n) is 5.23. The molecule has 1 heterocycles. The van der Waals surface area contributed by atoms with E-state index in [1.54, 1.807) is 24.3 Å². The highest BCUT2D eigenvalue weighted by Crippen LogP contribution is 2.32. The molecular formula is C26H31N3O3. The Morgan fingerprint density at radius 1 is 0.906 bits per heavy atom. The van der Waals surface area contributed by atoms with Crippen molar-refractivity contribution in [2.45, 2.75) is 47.0 Å². The minimum absolute atomic E-state index is 0.0197. The van der Waals surface area contributed by atoms with Gasteiger partial charge in [0.25, 0.3) is 11.8 Å². The van der Waals surface area contributed by atoms with Crippen LogP contribution < -0.4 is 10.6 Å². The van der Waals surface area contributed by atoms with Crippen molar-refractivity contribution in [3.63, 3.8) is 0 Å². The lowest BCUT2D eigenvalue weighted by atomic mass is 9.87. The molecule has 0 saturated carbocycles. The van der Waals surface area contributed by atoms with Crippen LogP contribution in [0.3, 0.4) is 0 Å². The van der Waals surface area contributed by atoms with E-state index in [2.05, 4.69) is 31.4 Å². The van der Waals surface area contributed by atoms with Crippen molar-refractivity contribution < 1.29 is 14.4 Å². The molecule has 2 aromatic carbocycles. The molecule has 2 aromatic rings. The average Bonchev–Trinajstić information content (AvgIpc) is 2.92. The number of carbonyl (C=O) groups excluding carboxylic acids is 3. The van der Waals surface area contributed by atoms with Crippen molar-refractivity contribution in [2.24, 2.45) is 5.92 Å². The molecule has 0 saturated heterocycles. The van der Waals surface area contributed by atoms with Crippen molar-refractivity contribution >= 4 is 34.7 Å². The summed E-state index contributed by atoms with van der Waals surface area (Å²) >= 11 is 0. The molecule has 1 aliphatic heterocycles. The second-order valence-electron chi connectivity index (χ2n) is 9.58. The number of anilines is 2. The van der Waals surface area contributed by atoms with E-state index < -0.39 is 0 Å². The van der Waals surface area contributed by atoms with Crippen LogP contribution in [0.15, 0.2) is 54.2 Å². The molecule has 0 fully saturated rings. The highest BCUT2D eigenvalue weighted by Gasteiger charge is 2.39. The van der Waals surface area contributed by atoms with Gasteiger partial charge in [-0.25, -0.2) is 0 Å². The second-order valence-corrected chi connectivity index (χ2v) is 9.58. The summed E-state index contributed by atoms with van der Waals surface area (Å²) in [5, 5.41) is 5.91. The molecule has 6 heteroatoms. The normalized spacial score (nSPS) is 14.4. The topological polar surface area (TPSA) is 78.5 Å². The number of benzene rings is 2. The maximum absolute atomic E-state index is 13.2. The van der Waals surface area contributed by atoms with E-state index in [1.165, 1.54) is 17.4 Å². The lowest BCUT2D eigenvalue weighted by molar-refractivity contribution is -0.137. The van der Waals surface area contributed by atoms with E-state index in [1.807, 2.05) is 38.1 Å². The Balaban J connectivity index is 2.00. The van der Waals surface area contributed by atoms with Crippen molar-refractivity contribution in [1.29, 1.82) is 0 Å². The van der Waals surface area contributed by atoms with Gasteiger partial charge in [-0.2, -0.15) is 0 Å². The fraction of sp³-hybridized carbons (Fsp3) is 0.346. The predicted molar refractivity (Wildman–Crippen MR) is 128 cm³/mol. The van der Waals surface area contributed by atoms with Crippen LogP contribution >= 0.6 is 0 Å². The van der Waals surface area contributed by atoms with E-state index in [9.17, 15) is 14.4 Å². The van der Waals surface area contributed by atoms with E-state index in [4.69, 9.17) is 0 Å². The van der Waals surface area contributed by atoms with Crippen LogP contribution in [-0.2, 0) is 19.8 Å². The summed E-state index contributed by atoms with van der Waals surface area (Å²) in [7, 11) is 0. The largest absolute Gasteiger partial charge is 0.350 e. The Labute approximate surface area is 189 Å². The zero-order valence-corrected chi connectivity index (χ0v) is 19.6. The molecule has 1 aliphatic rings. The lowest BCUT2D eigenvalue weighted by Gasteiger charge is -2.19. The number of nitrogens with one attached hydrogen (secondary N) is 2. The molecule has 0 bridgehead atoms. The van der Waals surface area contributed by atoms with Gasteiger partial charge >= 0.3 is 0 Å². The third kappa shape index (κ3) is 5.07. The molecule has 3 rings (SSSR count). The zero-order valence-electron chi connectivity index (χ0n) is 19.6. The number of hydrogen-bond acceptors (Lipinski definition) is 4. The third-order valence-corrected chi connectivity index (χ3v) is 5.23. The molecule has 168 valence electrons. The molecule has 0 spiro atoms. The Bertz CT molecular complexity index is 1060. The number of nitrogens with zero attached hydrogens (tertiary/aromatic N) is 1. The summed E-state index contributed by atoms with van der Waals surface area (Å²) in [6.07, 6.45) is 0. The van der Waals surface area contributed by atoms with Crippen LogP contribution in [0, 0.1) is 5.92 Å². The predicted octanol–water partition coefficient (Wildman–Crippen LogP) is 4.79. The van der Waals surface area contributed by atoms with Crippen LogP contribution in [0.4, 0.5) is 11.4 Å². The number of carbonyl (C=O) groups is 3. The first-order valence-electron chi connectivity index (χ1n) is 10.8. The summed E-state index contributed by atoms with van der Waals surface area (Å²) in [6, 6.07) is 14.8. The minimum atomic E-state index is -0.329. The van der Waals surface area contributed by atoms with Gasteiger partial charge in [-0.15, -0.1) is 0 Å². The quantitative estimate of drug-likeness (QED) is 0.642. The average molecular weight is 434 g/mol. The second kappa shape index (κ2) is 8.99. The van der Waals surface area contributed by atoms with Crippen molar-refractivity contribution in [3.8, 4) is 0 Å². The maximum atomic E-state index is 13.2. The standard InChI is InChI=1S/C26H31N3O3/c1-16(2)15-29-24(31)22(18-7-11-20(12-8-18)27-17(3)30)23(25(29)32)28-21-13-9-19(10-14-21)26(4,5)6/h7-14,16,28H,15H2,1-6H3,(H,27,30). The molecule has 32 heavy (non-hydrogen) atoms. The van der Waals surface area contributed by atoms with Crippen LogP contribution in [0.5, 0.6) is 0 Å². The molecule has 0 atom stereocenters. The number of amides is 3. The highest BCUT2D eigenvalue weighted by molar-refractivity contribution is 6.36. The van der Waals surface area contributed by atoms with Gasteiger partial charge < -0.3 is 10.6 Å². The van der Waals surface area contributed by atoms with Crippen LogP contribution in [-0.4, -0.2) is 29.2 Å². The molecule has 6 nitrogen and oxygen atoms in total. The monoisotopic (exact) mass is 433 g/mol. The lowest BCUT2D eigenvalue weighted by Crippen LogP contribution is -2.35. The van der Waals surface area contributed by atoms with E-state index in [0.717, 1.165) is 5.69 Å². The summed E-state index contributed by atoms with van der Waals surface area (Å²) in [5.74, 6) is -0.667. The Morgan fingerprint density at radius 3 is 1.97 bits per heavy atom. The number of imide groups is 1. The molecule has 0 aromatic heterocycles. The Kier molecular flexibility index (Phi) is 6.53. The summed E-state index contributed by atoms with van der Waals surface area (Å²) in [6.45, 7) is 12.2. The first-order valence-corrected chi connectivity index (χ1v) is 10.8. The molecule has 0 unspecified atom stereocenters. The number of rotatable bonds is 6. The molecule has 0 radical (unpaired) electrons. The fourth-order valence-corrected chi connectivity index (χ4v) is 3.61. The molecule has 3 amide bonds. The van der Waals surface area contributed by atoms with Crippen LogP contribution in [0.25, 0.3) is 5.57 Å². The highest BCUT2D eigenvalue weighted by atomic mass is 16.2. The van der Waals surface area contributed by atoms with Gasteiger partial charge in [-0.05, 0) is 46.7 Å². The van der Waals surface area contributed by atoms with Gasteiger partial charge in [0.1, 0.15) is 5.70 Å². The van der Waals surface area contributed by atoms with Crippen molar-refractivity contribution in [3.05, 3.63) is 65.4 Å². The summed E-state index contributed by atoms with van der Waals surface area (Å²) in [4.78, 5) is 39.0. The first kappa shape index (κ1) is 23.3. The zero-order chi connectivity index (χ0) is 23.6. The van der Waals surface area contributed by atoms with E-state index in [-0.39, 0.29) is 34.8 Å². The van der Waals surface area contributed by atoms with Crippen LogP contribution in [0.2, 0.25) is 0 Å². The van der Waals surface area contributed by atoms with Gasteiger partial charge in [-0.1, -0.05) is 58.9 Å². The van der Waals surface area contributed by atoms with Crippen LogP contribution in [0.1, 0.15) is 52.7 Å². The van der Waals surface area contributed by atoms with Gasteiger partial charge in [0.05, 0.1) is 5.57 Å². The smallest absolute Gasteiger partial charge is 0.278 e. The molecule has 2 N–H and O–H groups in total. The minimum Gasteiger partial charge on any atom is -0.350 e. The van der Waals surface area contributed by atoms with Crippen molar-refractivity contribution in [2.75, 3.05) is 17.2 Å².